The summed E-state index contributed by atoms with van der Waals surface area (Å²) in [4.78, 5) is 33.9. The molecule has 0 saturated heterocycles. The zero-order valence-electron chi connectivity index (χ0n) is 14.1. The Labute approximate surface area is 167 Å². The number of ether oxygens (including phenoxy) is 1. The highest BCUT2D eigenvalue weighted by Crippen LogP contribution is 2.38. The minimum atomic E-state index is -0.657. The Morgan fingerprint density at radius 3 is 2.48 bits per heavy atom. The molecule has 0 spiro atoms. The fourth-order valence-electron chi connectivity index (χ4n) is 2.23. The summed E-state index contributed by atoms with van der Waals surface area (Å²) < 4.78 is 6.64. The van der Waals surface area contributed by atoms with Crippen molar-refractivity contribution >= 4 is 34.8 Å². The molecule has 0 amide bonds. The van der Waals surface area contributed by atoms with Crippen molar-refractivity contribution in [3.63, 3.8) is 0 Å². The molecule has 0 atom stereocenters. The van der Waals surface area contributed by atoms with Crippen molar-refractivity contribution in [2.45, 2.75) is 13.3 Å². The fourth-order valence-corrected chi connectivity index (χ4v) is 3.02. The second-order valence-electron chi connectivity index (χ2n) is 5.40. The van der Waals surface area contributed by atoms with Crippen molar-refractivity contribution in [1.82, 2.24) is 24.7 Å². The number of halogens is 3. The first-order chi connectivity index (χ1) is 12.8. The summed E-state index contributed by atoms with van der Waals surface area (Å²) >= 11 is 18.5. The lowest BCUT2D eigenvalue weighted by Gasteiger charge is -2.11. The first-order valence-electron chi connectivity index (χ1n) is 7.66. The second-order valence-corrected chi connectivity index (χ2v) is 6.57. The molecule has 0 radical (unpaired) electrons. The quantitative estimate of drug-likeness (QED) is 0.684. The van der Waals surface area contributed by atoms with Crippen molar-refractivity contribution in [3.05, 3.63) is 60.1 Å². The predicted molar refractivity (Wildman–Crippen MR) is 102 cm³/mol. The highest BCUT2D eigenvalue weighted by Gasteiger charge is 2.16. The number of aryl methyl sites for hydroxylation is 2. The van der Waals surface area contributed by atoms with Gasteiger partial charge in [0.05, 0.1) is 21.9 Å². The molecule has 3 rings (SSSR count). The maximum Gasteiger partial charge on any atom is 0.344 e. The molecule has 2 aromatic heterocycles. The number of nitrogens with one attached hydrogen (secondary N) is 1. The van der Waals surface area contributed by atoms with Gasteiger partial charge in [-0.1, -0.05) is 41.7 Å². The molecule has 0 aliphatic rings. The molecule has 1 N–H and O–H groups in total. The van der Waals surface area contributed by atoms with E-state index in [1.165, 1.54) is 25.4 Å². The Morgan fingerprint density at radius 1 is 1.19 bits per heavy atom. The Bertz CT molecular complexity index is 1120. The lowest BCUT2D eigenvalue weighted by molar-refractivity contribution is 0.458. The highest BCUT2D eigenvalue weighted by molar-refractivity contribution is 6.37. The molecular formula is C16H12Cl3N5O3. The number of benzene rings is 1. The first kappa shape index (κ1) is 19.3. The van der Waals surface area contributed by atoms with Crippen LogP contribution in [0.2, 0.25) is 15.2 Å². The van der Waals surface area contributed by atoms with Crippen LogP contribution in [-0.2, 0) is 13.5 Å². The second kappa shape index (κ2) is 7.67. The zero-order valence-corrected chi connectivity index (χ0v) is 16.4. The molecular weight excluding hydrogens is 417 g/mol. The Balaban J connectivity index is 2.02. The predicted octanol–water partition coefficient (Wildman–Crippen LogP) is 3.24. The van der Waals surface area contributed by atoms with Crippen molar-refractivity contribution in [2.24, 2.45) is 7.05 Å². The average molecular weight is 429 g/mol. The lowest BCUT2D eigenvalue weighted by atomic mass is 10.1. The molecule has 27 heavy (non-hydrogen) atoms. The number of aromatic amines is 1. The van der Waals surface area contributed by atoms with Crippen molar-refractivity contribution in [3.8, 4) is 22.9 Å². The van der Waals surface area contributed by atoms with E-state index in [0.29, 0.717) is 17.7 Å². The molecule has 8 nitrogen and oxygen atoms in total. The maximum absolute atomic E-state index is 12.0. The molecule has 0 bridgehead atoms. The third-order valence-electron chi connectivity index (χ3n) is 3.56. The molecule has 0 aliphatic heterocycles. The minimum absolute atomic E-state index is 0.00740. The number of nitrogens with zero attached hydrogens (tertiary/aromatic N) is 4. The average Bonchev–Trinajstić information content (AvgIpc) is 2.62. The van der Waals surface area contributed by atoms with Gasteiger partial charge in [0.25, 0.3) is 5.56 Å². The van der Waals surface area contributed by atoms with Gasteiger partial charge in [-0.05, 0) is 18.6 Å². The minimum Gasteiger partial charge on any atom is -0.434 e. The van der Waals surface area contributed by atoms with E-state index in [0.717, 1.165) is 4.68 Å². The van der Waals surface area contributed by atoms with Gasteiger partial charge < -0.3 is 4.74 Å². The van der Waals surface area contributed by atoms with E-state index in [4.69, 9.17) is 39.5 Å². The lowest BCUT2D eigenvalue weighted by Crippen LogP contribution is -2.31. The van der Waals surface area contributed by atoms with Gasteiger partial charge in [-0.2, -0.15) is 5.10 Å². The van der Waals surface area contributed by atoms with Crippen LogP contribution in [0.3, 0.4) is 0 Å². The standard InChI is InChI=1S/C16H12Cl3N5O3/c1-3-10-14(19)20-6-11(21-10)27-13-8(17)4-7(5-9(13)18)12-15(25)22-16(26)24(2)23-12/h4-6H,3H2,1-2H3,(H,22,25,26). The summed E-state index contributed by atoms with van der Waals surface area (Å²) in [6.07, 6.45) is 1.92. The number of H-pyrrole nitrogens is 1. The first-order valence-corrected chi connectivity index (χ1v) is 8.79. The van der Waals surface area contributed by atoms with Crippen LogP contribution in [0.25, 0.3) is 11.3 Å². The summed E-state index contributed by atoms with van der Waals surface area (Å²) in [6, 6.07) is 2.91. The molecule has 0 fully saturated rings. The van der Waals surface area contributed by atoms with Gasteiger partial charge in [-0.25, -0.2) is 19.4 Å². The van der Waals surface area contributed by atoms with E-state index in [1.54, 1.807) is 0 Å². The summed E-state index contributed by atoms with van der Waals surface area (Å²) in [5.41, 5.74) is -0.402. The summed E-state index contributed by atoms with van der Waals surface area (Å²) in [5, 5.41) is 4.48. The Kier molecular flexibility index (Phi) is 5.50. The largest absolute Gasteiger partial charge is 0.434 e. The number of rotatable bonds is 4. The molecule has 3 aromatic rings. The molecule has 0 unspecified atom stereocenters. The molecule has 0 aliphatic carbocycles. The zero-order chi connectivity index (χ0) is 19.7. The van der Waals surface area contributed by atoms with Crippen molar-refractivity contribution < 1.29 is 4.74 Å². The van der Waals surface area contributed by atoms with Crippen LogP contribution >= 0.6 is 34.8 Å². The van der Waals surface area contributed by atoms with Crippen LogP contribution in [0.5, 0.6) is 11.6 Å². The summed E-state index contributed by atoms with van der Waals surface area (Å²) in [5.74, 6) is 0.313. The summed E-state index contributed by atoms with van der Waals surface area (Å²) in [6.45, 7) is 1.88. The molecule has 2 heterocycles. The van der Waals surface area contributed by atoms with Gasteiger partial charge in [0, 0.05) is 12.6 Å². The van der Waals surface area contributed by atoms with E-state index in [9.17, 15) is 9.59 Å². The smallest absolute Gasteiger partial charge is 0.344 e. The Morgan fingerprint density at radius 2 is 1.85 bits per heavy atom. The van der Waals surface area contributed by atoms with E-state index < -0.39 is 11.2 Å². The van der Waals surface area contributed by atoms with Crippen LogP contribution < -0.4 is 16.0 Å². The fraction of sp³-hybridized carbons (Fsp3) is 0.188. The van der Waals surface area contributed by atoms with Crippen molar-refractivity contribution in [2.75, 3.05) is 0 Å². The van der Waals surface area contributed by atoms with E-state index >= 15 is 0 Å². The number of hydrogen-bond donors (Lipinski definition) is 1. The van der Waals surface area contributed by atoms with Gasteiger partial charge in [0.1, 0.15) is 0 Å². The highest BCUT2D eigenvalue weighted by atomic mass is 35.5. The van der Waals surface area contributed by atoms with Crippen LogP contribution in [0, 0.1) is 0 Å². The van der Waals surface area contributed by atoms with E-state index in [1.807, 2.05) is 6.92 Å². The molecule has 11 heteroatoms. The van der Waals surface area contributed by atoms with Gasteiger partial charge in [0.2, 0.25) is 5.88 Å². The van der Waals surface area contributed by atoms with Crippen LogP contribution in [0.15, 0.2) is 27.9 Å². The number of hydrogen-bond acceptors (Lipinski definition) is 6. The van der Waals surface area contributed by atoms with Gasteiger partial charge in [-0.15, -0.1) is 0 Å². The van der Waals surface area contributed by atoms with Crippen LogP contribution in [-0.4, -0.2) is 24.7 Å². The van der Waals surface area contributed by atoms with Gasteiger partial charge >= 0.3 is 5.69 Å². The Hall–Kier alpha value is -2.42. The summed E-state index contributed by atoms with van der Waals surface area (Å²) in [7, 11) is 1.41. The molecule has 1 aromatic carbocycles. The monoisotopic (exact) mass is 427 g/mol. The third-order valence-corrected chi connectivity index (χ3v) is 4.44. The molecule has 140 valence electrons. The normalized spacial score (nSPS) is 10.9. The maximum atomic E-state index is 12.0. The topological polar surface area (TPSA) is 103 Å². The van der Waals surface area contributed by atoms with Gasteiger partial charge in [0.15, 0.2) is 16.6 Å². The molecule has 0 saturated carbocycles. The van der Waals surface area contributed by atoms with Crippen LogP contribution in [0.4, 0.5) is 0 Å². The van der Waals surface area contributed by atoms with Crippen molar-refractivity contribution in [1.29, 1.82) is 0 Å². The van der Waals surface area contributed by atoms with Crippen LogP contribution in [0.1, 0.15) is 12.6 Å². The SMILES string of the molecule is CCc1nc(Oc2c(Cl)cc(-c3nn(C)c(=O)[nH]c3=O)cc2Cl)cnc1Cl. The van der Waals surface area contributed by atoms with Gasteiger partial charge in [-0.3, -0.25) is 9.78 Å². The van der Waals surface area contributed by atoms with E-state index in [2.05, 4.69) is 20.1 Å². The van der Waals surface area contributed by atoms with E-state index in [-0.39, 0.29) is 32.5 Å². The third kappa shape index (κ3) is 3.97. The number of aromatic nitrogens is 5.